The molecule has 0 N–H and O–H groups in total. The van der Waals surface area contributed by atoms with Crippen molar-refractivity contribution in [1.82, 2.24) is 9.13 Å². The van der Waals surface area contributed by atoms with E-state index in [1.54, 1.807) is 0 Å². The topological polar surface area (TPSA) is 19.1 Å². The van der Waals surface area contributed by atoms with Gasteiger partial charge in [0.15, 0.2) is 0 Å². The number of benzene rings is 7. The number of hydrogen-bond acceptors (Lipinski definition) is 2. The highest BCUT2D eigenvalue weighted by Gasteiger charge is 2.20. The lowest BCUT2D eigenvalue weighted by molar-refractivity contribution is 0.495. The second-order valence-corrected chi connectivity index (χ2v) is 12.8. The third kappa shape index (κ3) is 3.65. The number of nitrogens with zero attached hydrogens (tertiary/aromatic N) is 2. The number of rotatable bonds is 4. The summed E-state index contributed by atoms with van der Waals surface area (Å²) in [6.45, 7) is 0. The lowest BCUT2D eigenvalue weighted by atomic mass is 10.1. The quantitative estimate of drug-likeness (QED) is 0.195. The molecule has 0 aliphatic rings. The zero-order chi connectivity index (χ0) is 30.2. The van der Waals surface area contributed by atoms with E-state index < -0.39 is 0 Å². The molecule has 7 aromatic carbocycles. The maximum absolute atomic E-state index is 7.01. The first-order valence-electron chi connectivity index (χ1n) is 15.5. The van der Waals surface area contributed by atoms with E-state index in [1.807, 2.05) is 11.3 Å². The van der Waals surface area contributed by atoms with Crippen LogP contribution in [-0.2, 0) is 0 Å². The van der Waals surface area contributed by atoms with Gasteiger partial charge in [-0.05, 0) is 72.8 Å². The average Bonchev–Trinajstić information content (AvgIpc) is 3.77. The van der Waals surface area contributed by atoms with Gasteiger partial charge in [0.1, 0.15) is 11.5 Å². The molecule has 3 nitrogen and oxygen atoms in total. The van der Waals surface area contributed by atoms with Crippen molar-refractivity contribution in [3.05, 3.63) is 158 Å². The van der Waals surface area contributed by atoms with Crippen LogP contribution in [-0.4, -0.2) is 9.13 Å². The van der Waals surface area contributed by atoms with E-state index in [-0.39, 0.29) is 0 Å². The maximum atomic E-state index is 7.01. The zero-order valence-electron chi connectivity index (χ0n) is 24.7. The highest BCUT2D eigenvalue weighted by Crippen LogP contribution is 2.44. The fourth-order valence-electron chi connectivity index (χ4n) is 7.25. The van der Waals surface area contributed by atoms with Crippen LogP contribution in [0.15, 0.2) is 158 Å². The molecule has 0 saturated carbocycles. The van der Waals surface area contributed by atoms with E-state index in [0.717, 1.165) is 55.7 Å². The summed E-state index contributed by atoms with van der Waals surface area (Å²) in [5.74, 6) is 1.69. The van der Waals surface area contributed by atoms with Crippen molar-refractivity contribution >= 4 is 75.1 Å². The van der Waals surface area contributed by atoms with Gasteiger partial charge in [-0.1, -0.05) is 84.9 Å². The first-order valence-corrected chi connectivity index (χ1v) is 16.3. The van der Waals surface area contributed by atoms with Crippen LogP contribution in [0.5, 0.6) is 11.5 Å². The van der Waals surface area contributed by atoms with Crippen LogP contribution in [0.2, 0.25) is 0 Å². The van der Waals surface area contributed by atoms with Gasteiger partial charge in [0, 0.05) is 42.3 Å². The molecule has 0 fully saturated rings. The summed E-state index contributed by atoms with van der Waals surface area (Å²) >= 11 is 1.85. The molecule has 0 atom stereocenters. The van der Waals surface area contributed by atoms with Crippen molar-refractivity contribution in [2.45, 2.75) is 0 Å². The predicted octanol–water partition coefficient (Wildman–Crippen LogP) is 12.0. The van der Waals surface area contributed by atoms with Crippen LogP contribution in [0.3, 0.4) is 0 Å². The van der Waals surface area contributed by atoms with E-state index in [0.29, 0.717) is 0 Å². The minimum atomic E-state index is 0.846. The number of hydrogen-bond donors (Lipinski definition) is 0. The monoisotopic (exact) mass is 606 g/mol. The van der Waals surface area contributed by atoms with Crippen LogP contribution in [0.25, 0.3) is 75.2 Å². The van der Waals surface area contributed by atoms with Crippen LogP contribution in [0, 0.1) is 0 Å². The van der Waals surface area contributed by atoms with Gasteiger partial charge in [-0.15, -0.1) is 11.3 Å². The first-order chi connectivity index (χ1) is 22.8. The standard InChI is InChI=1S/C42H26N2OS/c1-2-12-27(13-3-1)43-33-17-7-4-15-30(33)41-35(43)19-10-21-37(41)45-38-22-11-20-36-42(38)31-16-5-8-18-34(31)44(36)28-24-25-40-32(26-28)29-14-6-9-23-39(29)46-40/h1-26H. The molecule has 10 aromatic rings. The second kappa shape index (κ2) is 9.83. The highest BCUT2D eigenvalue weighted by atomic mass is 32.1. The van der Waals surface area contributed by atoms with Gasteiger partial charge in [-0.2, -0.15) is 0 Å². The van der Waals surface area contributed by atoms with Crippen molar-refractivity contribution in [1.29, 1.82) is 0 Å². The summed E-state index contributed by atoms with van der Waals surface area (Å²) in [4.78, 5) is 0. The molecule has 0 saturated heterocycles. The van der Waals surface area contributed by atoms with Crippen molar-refractivity contribution in [3.8, 4) is 22.9 Å². The van der Waals surface area contributed by atoms with E-state index in [2.05, 4.69) is 167 Å². The Bertz CT molecular complexity index is 2780. The first kappa shape index (κ1) is 25.5. The van der Waals surface area contributed by atoms with Crippen LogP contribution >= 0.6 is 11.3 Å². The number of ether oxygens (including phenoxy) is 1. The van der Waals surface area contributed by atoms with E-state index in [1.165, 1.54) is 30.9 Å². The van der Waals surface area contributed by atoms with E-state index >= 15 is 0 Å². The maximum Gasteiger partial charge on any atom is 0.137 e. The van der Waals surface area contributed by atoms with Gasteiger partial charge in [0.2, 0.25) is 0 Å². The fraction of sp³-hybridized carbons (Fsp3) is 0. The average molecular weight is 607 g/mol. The van der Waals surface area contributed by atoms with Gasteiger partial charge in [-0.25, -0.2) is 0 Å². The molecule has 46 heavy (non-hydrogen) atoms. The molecule has 3 aromatic heterocycles. The molecule has 0 unspecified atom stereocenters. The normalized spacial score (nSPS) is 11.9. The fourth-order valence-corrected chi connectivity index (χ4v) is 8.33. The number of fused-ring (bicyclic) bond motifs is 9. The Morgan fingerprint density at radius 3 is 1.57 bits per heavy atom. The molecular formula is C42H26N2OS. The van der Waals surface area contributed by atoms with E-state index in [4.69, 9.17) is 4.74 Å². The summed E-state index contributed by atoms with van der Waals surface area (Å²) < 4.78 is 14.3. The lowest BCUT2D eigenvalue weighted by Gasteiger charge is -2.11. The van der Waals surface area contributed by atoms with Crippen LogP contribution < -0.4 is 4.74 Å². The Morgan fingerprint density at radius 2 is 0.891 bits per heavy atom. The smallest absolute Gasteiger partial charge is 0.137 e. The molecule has 0 spiro atoms. The lowest BCUT2D eigenvalue weighted by Crippen LogP contribution is -1.94. The van der Waals surface area contributed by atoms with Crippen molar-refractivity contribution in [3.63, 3.8) is 0 Å². The van der Waals surface area contributed by atoms with Crippen molar-refractivity contribution in [2.24, 2.45) is 0 Å². The minimum absolute atomic E-state index is 0.846. The van der Waals surface area contributed by atoms with Gasteiger partial charge in [-0.3, -0.25) is 0 Å². The zero-order valence-corrected chi connectivity index (χ0v) is 25.5. The van der Waals surface area contributed by atoms with Gasteiger partial charge < -0.3 is 13.9 Å². The summed E-state index contributed by atoms with van der Waals surface area (Å²) in [7, 11) is 0. The number of aromatic nitrogens is 2. The largest absolute Gasteiger partial charge is 0.456 e. The van der Waals surface area contributed by atoms with Crippen LogP contribution in [0.4, 0.5) is 0 Å². The number of para-hydroxylation sites is 3. The predicted molar refractivity (Wildman–Crippen MR) is 195 cm³/mol. The summed E-state index contributed by atoms with van der Waals surface area (Å²) in [6.07, 6.45) is 0. The number of thiophene rings is 1. The molecule has 0 aliphatic carbocycles. The Labute approximate surface area is 268 Å². The summed E-state index contributed by atoms with van der Waals surface area (Å²) in [5, 5.41) is 7.15. The highest BCUT2D eigenvalue weighted by molar-refractivity contribution is 7.25. The third-order valence-electron chi connectivity index (χ3n) is 9.17. The Kier molecular flexibility index (Phi) is 5.45. The minimum Gasteiger partial charge on any atom is -0.456 e. The molecule has 0 aliphatic heterocycles. The van der Waals surface area contributed by atoms with Gasteiger partial charge in [0.05, 0.1) is 32.8 Å². The molecule has 4 heteroatoms. The molecule has 0 radical (unpaired) electrons. The third-order valence-corrected chi connectivity index (χ3v) is 10.3. The SMILES string of the molecule is c1ccc(-n2c3ccccc3c3c(Oc4cccc5c4c4ccccc4n5-c4ccc5sc6ccccc6c5c4)cccc32)cc1. The Hall–Kier alpha value is -5.84. The Balaban J connectivity index is 1.20. The van der Waals surface area contributed by atoms with Gasteiger partial charge in [0.25, 0.3) is 0 Å². The van der Waals surface area contributed by atoms with Crippen molar-refractivity contribution in [2.75, 3.05) is 0 Å². The molecule has 10 rings (SSSR count). The molecule has 0 amide bonds. The molecule has 216 valence electrons. The summed E-state index contributed by atoms with van der Waals surface area (Å²) in [5.41, 5.74) is 6.84. The van der Waals surface area contributed by atoms with E-state index in [9.17, 15) is 0 Å². The van der Waals surface area contributed by atoms with Crippen molar-refractivity contribution < 1.29 is 4.74 Å². The molecule has 0 bridgehead atoms. The molecule has 3 heterocycles. The van der Waals surface area contributed by atoms with Gasteiger partial charge >= 0.3 is 0 Å². The second-order valence-electron chi connectivity index (χ2n) is 11.7. The van der Waals surface area contributed by atoms with Crippen LogP contribution in [0.1, 0.15) is 0 Å². The Morgan fingerprint density at radius 1 is 0.370 bits per heavy atom. The molecular weight excluding hydrogens is 581 g/mol. The summed E-state index contributed by atoms with van der Waals surface area (Å²) in [6, 6.07) is 56.1.